The molecule has 3 aromatic rings. The fourth-order valence-electron chi connectivity index (χ4n) is 3.71. The molecule has 1 atom stereocenters. The summed E-state index contributed by atoms with van der Waals surface area (Å²) in [5.41, 5.74) is 2.89. The van der Waals surface area contributed by atoms with Crippen molar-refractivity contribution in [2.75, 3.05) is 23.3 Å². The topological polar surface area (TPSA) is 67.4 Å². The van der Waals surface area contributed by atoms with Crippen LogP contribution in [0.5, 0.6) is 11.6 Å². The van der Waals surface area contributed by atoms with Crippen molar-refractivity contribution in [2.45, 2.75) is 26.7 Å². The standard InChI is InChI=1S/C24H25ClN4O2/c1-16-5-8-20(9-6-16)31-24-22(26-11-12-27-24)29-13-3-4-18(15-29)23(30)28-21-10-7-19(25)14-17(21)2/h5-12,14,18H,3-4,13,15H2,1-2H3,(H,28,30). The van der Waals surface area contributed by atoms with Gasteiger partial charge < -0.3 is 15.0 Å². The Morgan fingerprint density at radius 2 is 1.90 bits per heavy atom. The normalized spacial score (nSPS) is 16.1. The first-order valence-corrected chi connectivity index (χ1v) is 10.7. The van der Waals surface area contributed by atoms with Gasteiger partial charge in [0.2, 0.25) is 5.91 Å². The average molecular weight is 437 g/mol. The van der Waals surface area contributed by atoms with E-state index < -0.39 is 0 Å². The number of hydrogen-bond acceptors (Lipinski definition) is 5. The van der Waals surface area contributed by atoms with Crippen molar-refractivity contribution in [1.82, 2.24) is 9.97 Å². The van der Waals surface area contributed by atoms with E-state index in [4.69, 9.17) is 16.3 Å². The van der Waals surface area contributed by atoms with Gasteiger partial charge >= 0.3 is 0 Å². The molecule has 0 saturated carbocycles. The maximum atomic E-state index is 13.0. The van der Waals surface area contributed by atoms with Crippen molar-refractivity contribution in [3.05, 3.63) is 71.0 Å². The van der Waals surface area contributed by atoms with Crippen molar-refractivity contribution in [2.24, 2.45) is 5.92 Å². The zero-order chi connectivity index (χ0) is 21.8. The number of hydrogen-bond donors (Lipinski definition) is 1. The Hall–Kier alpha value is -3.12. The van der Waals surface area contributed by atoms with Crippen LogP contribution in [0, 0.1) is 19.8 Å². The summed E-state index contributed by atoms with van der Waals surface area (Å²) < 4.78 is 6.01. The third-order valence-corrected chi connectivity index (χ3v) is 5.66. The van der Waals surface area contributed by atoms with E-state index in [1.54, 1.807) is 18.5 Å². The van der Waals surface area contributed by atoms with Crippen LogP contribution in [0.4, 0.5) is 11.5 Å². The van der Waals surface area contributed by atoms with E-state index in [1.165, 1.54) is 0 Å². The Morgan fingerprint density at radius 3 is 2.68 bits per heavy atom. The molecule has 31 heavy (non-hydrogen) atoms. The molecule has 0 aliphatic carbocycles. The van der Waals surface area contributed by atoms with Gasteiger partial charge in [0.15, 0.2) is 5.82 Å². The van der Waals surface area contributed by atoms with Gasteiger partial charge in [-0.3, -0.25) is 4.79 Å². The highest BCUT2D eigenvalue weighted by atomic mass is 35.5. The fraction of sp³-hybridized carbons (Fsp3) is 0.292. The first kappa shape index (κ1) is 21.1. The second-order valence-corrected chi connectivity index (χ2v) is 8.27. The van der Waals surface area contributed by atoms with Gasteiger partial charge in [-0.2, -0.15) is 0 Å². The molecule has 6 nitrogen and oxygen atoms in total. The molecular formula is C24H25ClN4O2. The molecular weight excluding hydrogens is 412 g/mol. The molecule has 1 saturated heterocycles. The van der Waals surface area contributed by atoms with E-state index in [1.807, 2.05) is 50.2 Å². The van der Waals surface area contributed by atoms with Crippen LogP contribution in [-0.2, 0) is 4.79 Å². The molecule has 0 bridgehead atoms. The fourth-order valence-corrected chi connectivity index (χ4v) is 3.94. The quantitative estimate of drug-likeness (QED) is 0.580. The third-order valence-electron chi connectivity index (χ3n) is 5.42. The number of rotatable bonds is 5. The molecule has 1 aromatic heterocycles. The van der Waals surface area contributed by atoms with E-state index >= 15 is 0 Å². The summed E-state index contributed by atoms with van der Waals surface area (Å²) in [6.07, 6.45) is 4.98. The van der Waals surface area contributed by atoms with Gasteiger partial charge in [0.1, 0.15) is 5.75 Å². The Morgan fingerprint density at radius 1 is 1.13 bits per heavy atom. The predicted molar refractivity (Wildman–Crippen MR) is 123 cm³/mol. The van der Waals surface area contributed by atoms with Gasteiger partial charge in [-0.05, 0) is 62.6 Å². The number of nitrogens with zero attached hydrogens (tertiary/aromatic N) is 3. The zero-order valence-corrected chi connectivity index (χ0v) is 18.4. The second kappa shape index (κ2) is 9.35. The number of ether oxygens (including phenoxy) is 1. The highest BCUT2D eigenvalue weighted by Gasteiger charge is 2.29. The largest absolute Gasteiger partial charge is 0.436 e. The van der Waals surface area contributed by atoms with Gasteiger partial charge in [-0.15, -0.1) is 0 Å². The van der Waals surface area contributed by atoms with E-state index in [0.29, 0.717) is 29.0 Å². The average Bonchev–Trinajstić information content (AvgIpc) is 2.78. The number of carbonyl (C=O) groups excluding carboxylic acids is 1. The maximum Gasteiger partial charge on any atom is 0.263 e. The Bertz CT molecular complexity index is 1070. The highest BCUT2D eigenvalue weighted by molar-refractivity contribution is 6.30. The van der Waals surface area contributed by atoms with Crippen LogP contribution >= 0.6 is 11.6 Å². The Balaban J connectivity index is 1.48. The minimum atomic E-state index is -0.155. The molecule has 1 aliphatic rings. The number of nitrogens with one attached hydrogen (secondary N) is 1. The van der Waals surface area contributed by atoms with Crippen LogP contribution in [0.25, 0.3) is 0 Å². The van der Waals surface area contributed by atoms with Crippen LogP contribution in [0.3, 0.4) is 0 Å². The summed E-state index contributed by atoms with van der Waals surface area (Å²) in [4.78, 5) is 23.9. The van der Waals surface area contributed by atoms with E-state index in [0.717, 1.165) is 36.2 Å². The van der Waals surface area contributed by atoms with Crippen LogP contribution in [0.1, 0.15) is 24.0 Å². The van der Waals surface area contributed by atoms with Gasteiger partial charge in [-0.1, -0.05) is 29.3 Å². The number of benzene rings is 2. The summed E-state index contributed by atoms with van der Waals surface area (Å²) in [5.74, 6) is 1.65. The Labute approximate surface area is 187 Å². The monoisotopic (exact) mass is 436 g/mol. The summed E-state index contributed by atoms with van der Waals surface area (Å²) in [5, 5.41) is 3.70. The lowest BCUT2D eigenvalue weighted by Crippen LogP contribution is -2.41. The smallest absolute Gasteiger partial charge is 0.263 e. The summed E-state index contributed by atoms with van der Waals surface area (Å²) >= 11 is 6.03. The van der Waals surface area contributed by atoms with Gasteiger partial charge in [0.05, 0.1) is 5.92 Å². The van der Waals surface area contributed by atoms with E-state index in [2.05, 4.69) is 20.2 Å². The summed E-state index contributed by atoms with van der Waals surface area (Å²) in [6, 6.07) is 13.3. The zero-order valence-electron chi connectivity index (χ0n) is 17.6. The maximum absolute atomic E-state index is 13.0. The van der Waals surface area contributed by atoms with Crippen LogP contribution in [0.15, 0.2) is 54.9 Å². The molecule has 160 valence electrons. The number of aryl methyl sites for hydroxylation is 2. The molecule has 0 spiro atoms. The SMILES string of the molecule is Cc1ccc(Oc2nccnc2N2CCCC(C(=O)Nc3ccc(Cl)cc3C)C2)cc1. The van der Waals surface area contributed by atoms with Crippen molar-refractivity contribution >= 4 is 29.0 Å². The number of aromatic nitrogens is 2. The number of anilines is 2. The molecule has 2 aromatic carbocycles. The van der Waals surface area contributed by atoms with Crippen LogP contribution in [-0.4, -0.2) is 29.0 Å². The minimum Gasteiger partial charge on any atom is -0.436 e. The van der Waals surface area contributed by atoms with Crippen LogP contribution < -0.4 is 15.0 Å². The van der Waals surface area contributed by atoms with Crippen molar-refractivity contribution in [3.8, 4) is 11.6 Å². The number of halogens is 1. The molecule has 1 aliphatic heterocycles. The van der Waals surface area contributed by atoms with Crippen molar-refractivity contribution in [1.29, 1.82) is 0 Å². The first-order chi connectivity index (χ1) is 15.0. The summed E-state index contributed by atoms with van der Waals surface area (Å²) in [6.45, 7) is 5.32. The van der Waals surface area contributed by atoms with Crippen molar-refractivity contribution < 1.29 is 9.53 Å². The van der Waals surface area contributed by atoms with E-state index in [-0.39, 0.29) is 11.8 Å². The summed E-state index contributed by atoms with van der Waals surface area (Å²) in [7, 11) is 0. The number of carbonyl (C=O) groups is 1. The van der Waals surface area contributed by atoms with Gasteiger partial charge in [0, 0.05) is 36.2 Å². The van der Waals surface area contributed by atoms with E-state index in [9.17, 15) is 4.79 Å². The van der Waals surface area contributed by atoms with Gasteiger partial charge in [0.25, 0.3) is 5.88 Å². The molecule has 0 radical (unpaired) electrons. The van der Waals surface area contributed by atoms with Crippen LogP contribution in [0.2, 0.25) is 5.02 Å². The third kappa shape index (κ3) is 5.14. The van der Waals surface area contributed by atoms with Crippen molar-refractivity contribution in [3.63, 3.8) is 0 Å². The molecule has 7 heteroatoms. The number of amides is 1. The predicted octanol–water partition coefficient (Wildman–Crippen LogP) is 5.39. The molecule has 1 N–H and O–H groups in total. The second-order valence-electron chi connectivity index (χ2n) is 7.83. The molecule has 1 fully saturated rings. The highest BCUT2D eigenvalue weighted by Crippen LogP contribution is 2.31. The lowest BCUT2D eigenvalue weighted by atomic mass is 9.97. The molecule has 4 rings (SSSR count). The minimum absolute atomic E-state index is 0.0000145. The molecule has 1 amide bonds. The number of piperidine rings is 1. The Kier molecular flexibility index (Phi) is 6.37. The molecule has 1 unspecified atom stereocenters. The lowest BCUT2D eigenvalue weighted by molar-refractivity contribution is -0.120. The lowest BCUT2D eigenvalue weighted by Gasteiger charge is -2.33. The molecule has 2 heterocycles. The first-order valence-electron chi connectivity index (χ1n) is 10.4. The van der Waals surface area contributed by atoms with Gasteiger partial charge in [-0.25, -0.2) is 9.97 Å².